The molecule has 0 spiro atoms. The summed E-state index contributed by atoms with van der Waals surface area (Å²) >= 11 is 0. The van der Waals surface area contributed by atoms with Crippen LogP contribution in [0.4, 0.5) is 0 Å². The van der Waals surface area contributed by atoms with Crippen molar-refractivity contribution in [2.24, 2.45) is 5.92 Å². The lowest BCUT2D eigenvalue weighted by Crippen LogP contribution is -2.51. The average molecular weight is 199 g/mol. The van der Waals surface area contributed by atoms with Crippen molar-refractivity contribution in [1.29, 1.82) is 0 Å². The molecule has 1 rings (SSSR count). The quantitative estimate of drug-likeness (QED) is 0.704. The molecule has 1 unspecified atom stereocenters. The number of nitrogens with one attached hydrogen (secondary N) is 1. The number of hydrogen-bond acceptors (Lipinski definition) is 2. The van der Waals surface area contributed by atoms with E-state index in [2.05, 4.69) is 12.2 Å². The van der Waals surface area contributed by atoms with E-state index in [9.17, 15) is 9.90 Å². The van der Waals surface area contributed by atoms with Gasteiger partial charge in [-0.15, -0.1) is 0 Å². The highest BCUT2D eigenvalue weighted by Gasteiger charge is 2.31. The topological polar surface area (TPSA) is 49.3 Å². The van der Waals surface area contributed by atoms with E-state index in [1.165, 1.54) is 0 Å². The lowest BCUT2D eigenvalue weighted by atomic mass is 9.88. The average Bonchev–Trinajstić information content (AvgIpc) is 2.19. The van der Waals surface area contributed by atoms with Crippen LogP contribution in [0.15, 0.2) is 0 Å². The SMILES string of the molecule is CCCC(CC)C(=O)N[C@H]1CC[C@@H]1O. The van der Waals surface area contributed by atoms with Gasteiger partial charge in [0.25, 0.3) is 0 Å². The molecule has 0 saturated heterocycles. The Balaban J connectivity index is 2.31. The van der Waals surface area contributed by atoms with Crippen LogP contribution in [0.3, 0.4) is 0 Å². The van der Waals surface area contributed by atoms with Crippen LogP contribution in [-0.4, -0.2) is 23.2 Å². The Bertz CT molecular complexity index is 194. The summed E-state index contributed by atoms with van der Waals surface area (Å²) in [6, 6.07) is 0.0217. The first kappa shape index (κ1) is 11.5. The van der Waals surface area contributed by atoms with Crippen LogP contribution in [0.1, 0.15) is 46.0 Å². The van der Waals surface area contributed by atoms with Crippen molar-refractivity contribution in [3.8, 4) is 0 Å². The number of carbonyl (C=O) groups is 1. The Kier molecular flexibility index (Phi) is 4.39. The summed E-state index contributed by atoms with van der Waals surface area (Å²) in [6.07, 6.45) is 4.33. The summed E-state index contributed by atoms with van der Waals surface area (Å²) in [5.74, 6) is 0.255. The van der Waals surface area contributed by atoms with Gasteiger partial charge in [0.15, 0.2) is 0 Å². The Morgan fingerprint density at radius 3 is 2.57 bits per heavy atom. The first-order valence-corrected chi connectivity index (χ1v) is 5.67. The van der Waals surface area contributed by atoms with Crippen molar-refractivity contribution in [2.75, 3.05) is 0 Å². The zero-order valence-electron chi connectivity index (χ0n) is 9.12. The molecule has 0 heterocycles. The van der Waals surface area contributed by atoms with Crippen LogP contribution >= 0.6 is 0 Å². The summed E-state index contributed by atoms with van der Waals surface area (Å²) in [7, 11) is 0. The molecular formula is C11H21NO2. The highest BCUT2D eigenvalue weighted by Crippen LogP contribution is 2.20. The molecule has 0 radical (unpaired) electrons. The van der Waals surface area contributed by atoms with Gasteiger partial charge in [-0.25, -0.2) is 0 Å². The minimum Gasteiger partial charge on any atom is -0.391 e. The molecule has 3 nitrogen and oxygen atoms in total. The van der Waals surface area contributed by atoms with Crippen molar-refractivity contribution in [3.05, 3.63) is 0 Å². The van der Waals surface area contributed by atoms with Gasteiger partial charge in [-0.05, 0) is 25.7 Å². The first-order valence-electron chi connectivity index (χ1n) is 5.67. The number of aliphatic hydroxyl groups is 1. The second kappa shape index (κ2) is 5.35. The van der Waals surface area contributed by atoms with Gasteiger partial charge in [0.2, 0.25) is 5.91 Å². The summed E-state index contributed by atoms with van der Waals surface area (Å²) in [4.78, 5) is 11.7. The maximum absolute atomic E-state index is 11.7. The van der Waals surface area contributed by atoms with Gasteiger partial charge >= 0.3 is 0 Å². The molecule has 1 saturated carbocycles. The highest BCUT2D eigenvalue weighted by atomic mass is 16.3. The smallest absolute Gasteiger partial charge is 0.223 e. The van der Waals surface area contributed by atoms with E-state index in [-0.39, 0.29) is 24.0 Å². The standard InChI is InChI=1S/C11H21NO2/c1-3-5-8(4-2)11(14)12-9-6-7-10(9)13/h8-10,13H,3-7H2,1-2H3,(H,12,14)/t8?,9-,10-/m0/s1. The highest BCUT2D eigenvalue weighted by molar-refractivity contribution is 5.79. The number of hydrogen-bond donors (Lipinski definition) is 2. The monoisotopic (exact) mass is 199 g/mol. The first-order chi connectivity index (χ1) is 6.69. The Labute approximate surface area is 85.9 Å². The second-order valence-electron chi connectivity index (χ2n) is 4.15. The van der Waals surface area contributed by atoms with E-state index in [1.54, 1.807) is 0 Å². The van der Waals surface area contributed by atoms with Crippen LogP contribution in [-0.2, 0) is 4.79 Å². The van der Waals surface area contributed by atoms with Gasteiger partial charge in [-0.1, -0.05) is 20.3 Å². The lowest BCUT2D eigenvalue weighted by Gasteiger charge is -2.34. The maximum atomic E-state index is 11.7. The van der Waals surface area contributed by atoms with Crippen molar-refractivity contribution in [3.63, 3.8) is 0 Å². The fourth-order valence-corrected chi connectivity index (χ4v) is 1.82. The minimum atomic E-state index is -0.307. The molecule has 1 amide bonds. The summed E-state index contributed by atoms with van der Waals surface area (Å²) in [5.41, 5.74) is 0. The van der Waals surface area contributed by atoms with Gasteiger partial charge in [0.05, 0.1) is 12.1 Å². The van der Waals surface area contributed by atoms with Gasteiger partial charge in [-0.2, -0.15) is 0 Å². The van der Waals surface area contributed by atoms with Crippen LogP contribution < -0.4 is 5.32 Å². The molecule has 3 atom stereocenters. The zero-order chi connectivity index (χ0) is 10.6. The van der Waals surface area contributed by atoms with Gasteiger partial charge in [0.1, 0.15) is 0 Å². The van der Waals surface area contributed by atoms with E-state index in [0.29, 0.717) is 0 Å². The molecule has 0 aliphatic heterocycles. The van der Waals surface area contributed by atoms with E-state index in [0.717, 1.165) is 32.1 Å². The van der Waals surface area contributed by atoms with E-state index in [1.807, 2.05) is 6.92 Å². The third kappa shape index (κ3) is 2.71. The Hall–Kier alpha value is -0.570. The van der Waals surface area contributed by atoms with E-state index < -0.39 is 0 Å². The summed E-state index contributed by atoms with van der Waals surface area (Å²) < 4.78 is 0. The molecule has 0 aromatic carbocycles. The van der Waals surface area contributed by atoms with Gasteiger partial charge in [0, 0.05) is 5.92 Å². The molecule has 82 valence electrons. The van der Waals surface area contributed by atoms with Crippen molar-refractivity contribution in [2.45, 2.75) is 58.1 Å². The van der Waals surface area contributed by atoms with Crippen molar-refractivity contribution >= 4 is 5.91 Å². The lowest BCUT2D eigenvalue weighted by molar-refractivity contribution is -0.128. The number of carbonyl (C=O) groups excluding carboxylic acids is 1. The van der Waals surface area contributed by atoms with Gasteiger partial charge < -0.3 is 10.4 Å². The van der Waals surface area contributed by atoms with Crippen molar-refractivity contribution < 1.29 is 9.90 Å². The third-order valence-corrected chi connectivity index (χ3v) is 3.07. The molecule has 0 bridgehead atoms. The third-order valence-electron chi connectivity index (χ3n) is 3.07. The van der Waals surface area contributed by atoms with Crippen LogP contribution in [0.5, 0.6) is 0 Å². The summed E-state index contributed by atoms with van der Waals surface area (Å²) in [6.45, 7) is 4.13. The van der Waals surface area contributed by atoms with Crippen LogP contribution in [0.25, 0.3) is 0 Å². The van der Waals surface area contributed by atoms with Crippen molar-refractivity contribution in [1.82, 2.24) is 5.32 Å². The number of amides is 1. The predicted octanol–water partition coefficient (Wildman–Crippen LogP) is 1.45. The molecule has 3 heteroatoms. The van der Waals surface area contributed by atoms with Crippen LogP contribution in [0, 0.1) is 5.92 Å². The predicted molar refractivity (Wildman–Crippen MR) is 55.9 cm³/mol. The van der Waals surface area contributed by atoms with E-state index in [4.69, 9.17) is 0 Å². The molecule has 1 aliphatic rings. The maximum Gasteiger partial charge on any atom is 0.223 e. The molecule has 0 aromatic heterocycles. The Morgan fingerprint density at radius 1 is 1.50 bits per heavy atom. The fraction of sp³-hybridized carbons (Fsp3) is 0.909. The molecule has 1 fully saturated rings. The molecular weight excluding hydrogens is 178 g/mol. The summed E-state index contributed by atoms with van der Waals surface area (Å²) in [5, 5.41) is 12.2. The fourth-order valence-electron chi connectivity index (χ4n) is 1.82. The molecule has 14 heavy (non-hydrogen) atoms. The van der Waals surface area contributed by atoms with Crippen LogP contribution in [0.2, 0.25) is 0 Å². The minimum absolute atomic E-state index is 0.0217. The number of aliphatic hydroxyl groups excluding tert-OH is 1. The second-order valence-corrected chi connectivity index (χ2v) is 4.15. The normalized spacial score (nSPS) is 27.9. The number of rotatable bonds is 5. The molecule has 2 N–H and O–H groups in total. The zero-order valence-corrected chi connectivity index (χ0v) is 9.12. The Morgan fingerprint density at radius 2 is 2.21 bits per heavy atom. The molecule has 1 aliphatic carbocycles. The molecule has 0 aromatic rings. The largest absolute Gasteiger partial charge is 0.391 e. The van der Waals surface area contributed by atoms with Gasteiger partial charge in [-0.3, -0.25) is 4.79 Å². The van der Waals surface area contributed by atoms with E-state index >= 15 is 0 Å².